The molecule has 0 saturated carbocycles. The summed E-state index contributed by atoms with van der Waals surface area (Å²) in [6.45, 7) is 10.8. The van der Waals surface area contributed by atoms with E-state index < -0.39 is 11.6 Å². The number of nitrogens with zero attached hydrogens (tertiary/aromatic N) is 1. The van der Waals surface area contributed by atoms with Gasteiger partial charge in [-0.2, -0.15) is 0 Å². The molecule has 1 nitrogen and oxygen atoms in total. The van der Waals surface area contributed by atoms with Gasteiger partial charge >= 0.3 is 0 Å². The minimum absolute atomic E-state index is 0. The molecule has 2 aromatic rings. The smallest absolute Gasteiger partial charge is 0.0465 e. The molecule has 23 heavy (non-hydrogen) atoms. The zero-order valence-corrected chi connectivity index (χ0v) is 16.4. The van der Waals surface area contributed by atoms with Gasteiger partial charge in [-0.05, 0) is 39.0 Å². The van der Waals surface area contributed by atoms with Gasteiger partial charge in [0.1, 0.15) is 0 Å². The van der Waals surface area contributed by atoms with Crippen LogP contribution in [0.4, 0.5) is 8.78 Å². The van der Waals surface area contributed by atoms with Gasteiger partial charge in [0.15, 0.2) is 0 Å². The molecule has 131 valence electrons. The first-order valence-corrected chi connectivity index (χ1v) is 6.58. The predicted octanol–water partition coefficient (Wildman–Crippen LogP) is 5.76. The van der Waals surface area contributed by atoms with Crippen molar-refractivity contribution < 1.29 is 28.9 Å². The minimum atomic E-state index is -0.577. The monoisotopic (exact) mass is 498 g/mol. The fraction of sp³-hybridized carbons (Fsp3) is 0.368. The number of hydrogen-bond donors (Lipinski definition) is 0. The number of halogens is 2. The van der Waals surface area contributed by atoms with Crippen molar-refractivity contribution in [2.45, 2.75) is 49.0 Å². The van der Waals surface area contributed by atoms with Gasteiger partial charge in [0.2, 0.25) is 0 Å². The quantitative estimate of drug-likeness (QED) is 0.457. The zero-order chi connectivity index (χ0) is 15.2. The molecule has 0 spiro atoms. The van der Waals surface area contributed by atoms with Crippen molar-refractivity contribution in [1.82, 2.24) is 4.98 Å². The van der Waals surface area contributed by atoms with Crippen molar-refractivity contribution in [2.75, 3.05) is 0 Å². The number of rotatable bonds is 1. The van der Waals surface area contributed by atoms with Crippen LogP contribution >= 0.6 is 0 Å². The van der Waals surface area contributed by atoms with Crippen LogP contribution in [-0.4, -0.2) is 4.98 Å². The van der Waals surface area contributed by atoms with Crippen LogP contribution in [0.1, 0.15) is 40.9 Å². The molecule has 0 aliphatic heterocycles. The molecule has 1 aromatic carbocycles. The first kappa shape index (κ1) is 24.1. The van der Waals surface area contributed by atoms with E-state index in [1.807, 2.05) is 27.7 Å². The fourth-order valence-corrected chi connectivity index (χ4v) is 2.33. The Hall–Kier alpha value is -1.12. The minimum Gasteiger partial charge on any atom is -0.358 e. The summed E-state index contributed by atoms with van der Waals surface area (Å²) in [5, 5.41) is 0. The first-order valence-electron chi connectivity index (χ1n) is 6.58. The standard InChI is InChI=1S/C17H18F2N.CH4.CH3.Ir/c1-8-7-14(16(19)12(5)15(8)18)17-11(4)9(2)10(3)13(6)20-17;;;/h1-6H3;1H4;1H3;/q-1;;-1;. The topological polar surface area (TPSA) is 12.9 Å². The normalized spacial score (nSPS) is 9.57. The Balaban J connectivity index is 0. The first-order chi connectivity index (χ1) is 9.25. The summed E-state index contributed by atoms with van der Waals surface area (Å²) < 4.78 is 28.1. The maximum atomic E-state index is 14.4. The van der Waals surface area contributed by atoms with Crippen LogP contribution in [0.15, 0.2) is 0 Å². The summed E-state index contributed by atoms with van der Waals surface area (Å²) in [6, 6.07) is 2.80. The van der Waals surface area contributed by atoms with Crippen molar-refractivity contribution in [3.05, 3.63) is 58.6 Å². The fourth-order valence-electron chi connectivity index (χ4n) is 2.33. The second kappa shape index (κ2) is 8.65. The zero-order valence-electron chi connectivity index (χ0n) is 14.0. The van der Waals surface area contributed by atoms with Crippen LogP contribution in [0.5, 0.6) is 0 Å². The number of pyridine rings is 1. The van der Waals surface area contributed by atoms with Crippen molar-refractivity contribution in [1.29, 1.82) is 0 Å². The molecule has 1 heterocycles. The Labute approximate surface area is 152 Å². The number of hydrogen-bond acceptors (Lipinski definition) is 1. The molecule has 0 fully saturated rings. The van der Waals surface area contributed by atoms with Crippen molar-refractivity contribution in [3.8, 4) is 11.3 Å². The molecule has 0 atom stereocenters. The van der Waals surface area contributed by atoms with Gasteiger partial charge in [0.05, 0.1) is 0 Å². The Bertz CT molecular complexity index is 648. The maximum absolute atomic E-state index is 14.4. The number of aryl methyl sites for hydroxylation is 2. The second-order valence-corrected chi connectivity index (χ2v) is 5.30. The van der Waals surface area contributed by atoms with Crippen LogP contribution in [0, 0.1) is 66.7 Å². The van der Waals surface area contributed by atoms with Crippen LogP contribution in [0.2, 0.25) is 0 Å². The third-order valence-corrected chi connectivity index (χ3v) is 4.06. The van der Waals surface area contributed by atoms with Gasteiger partial charge in [0.25, 0.3) is 0 Å². The summed E-state index contributed by atoms with van der Waals surface area (Å²) in [4.78, 5) is 4.48. The summed E-state index contributed by atoms with van der Waals surface area (Å²) in [7, 11) is 0. The van der Waals surface area contributed by atoms with Crippen LogP contribution < -0.4 is 0 Å². The third kappa shape index (κ3) is 4.05. The maximum Gasteiger partial charge on any atom is 0.0465 e. The Morgan fingerprint density at radius 1 is 0.783 bits per heavy atom. The largest absolute Gasteiger partial charge is 0.358 e. The van der Waals surface area contributed by atoms with E-state index in [1.165, 1.54) is 6.92 Å². The molecule has 1 radical (unpaired) electrons. The van der Waals surface area contributed by atoms with Gasteiger partial charge in [-0.1, -0.05) is 49.1 Å². The summed E-state index contributed by atoms with van der Waals surface area (Å²) >= 11 is 0. The molecule has 4 heteroatoms. The second-order valence-electron chi connectivity index (χ2n) is 5.30. The van der Waals surface area contributed by atoms with Crippen molar-refractivity contribution in [3.63, 3.8) is 0 Å². The van der Waals surface area contributed by atoms with E-state index in [9.17, 15) is 8.78 Å². The van der Waals surface area contributed by atoms with Crippen LogP contribution in [-0.2, 0) is 20.1 Å². The third-order valence-electron chi connectivity index (χ3n) is 4.06. The Morgan fingerprint density at radius 2 is 1.30 bits per heavy atom. The van der Waals surface area contributed by atoms with Gasteiger partial charge in [0, 0.05) is 37.4 Å². The van der Waals surface area contributed by atoms with Crippen molar-refractivity contribution >= 4 is 0 Å². The van der Waals surface area contributed by atoms with E-state index in [-0.39, 0.29) is 46.1 Å². The SMILES string of the molecule is C.Cc1[c-]c(-c2nc(C)c(C)c(C)c2C)c(F)c(C)c1F.[CH3-].[Ir]. The van der Waals surface area contributed by atoms with Crippen molar-refractivity contribution in [2.24, 2.45) is 0 Å². The Morgan fingerprint density at radius 3 is 1.83 bits per heavy atom. The van der Waals surface area contributed by atoms with E-state index in [0.717, 1.165) is 22.4 Å². The summed E-state index contributed by atoms with van der Waals surface area (Å²) in [5.41, 5.74) is 5.09. The van der Waals surface area contributed by atoms with Gasteiger partial charge in [-0.25, -0.2) is 0 Å². The van der Waals surface area contributed by atoms with E-state index in [2.05, 4.69) is 11.1 Å². The molecule has 0 aliphatic carbocycles. The molecule has 2 rings (SSSR count). The molecule has 1 aromatic heterocycles. The predicted molar refractivity (Wildman–Crippen MR) is 90.0 cm³/mol. The molecule has 0 bridgehead atoms. The van der Waals surface area contributed by atoms with E-state index in [1.54, 1.807) is 6.92 Å². The average Bonchev–Trinajstić information content (AvgIpc) is 2.42. The van der Waals surface area contributed by atoms with Gasteiger partial charge in [-0.3, -0.25) is 8.78 Å². The number of aromatic nitrogens is 1. The number of benzene rings is 1. The molecular weight excluding hydrogens is 472 g/mol. The summed E-state index contributed by atoms with van der Waals surface area (Å²) in [5.74, 6) is -1.11. The molecule has 0 aliphatic rings. The molecule has 0 amide bonds. The van der Waals surface area contributed by atoms with Gasteiger partial charge in [-0.15, -0.1) is 6.07 Å². The van der Waals surface area contributed by atoms with E-state index in [0.29, 0.717) is 11.3 Å². The molecule has 0 unspecified atom stereocenters. The average molecular weight is 498 g/mol. The summed E-state index contributed by atoms with van der Waals surface area (Å²) in [6.07, 6.45) is 0. The molecule has 0 saturated heterocycles. The van der Waals surface area contributed by atoms with Crippen LogP contribution in [0.3, 0.4) is 0 Å². The molecule has 0 N–H and O–H groups in total. The van der Waals surface area contributed by atoms with Gasteiger partial charge < -0.3 is 12.4 Å². The van der Waals surface area contributed by atoms with E-state index >= 15 is 0 Å². The molecular formula is C19H25F2IrN-2. The Kier molecular flexibility index (Phi) is 9.08. The van der Waals surface area contributed by atoms with E-state index in [4.69, 9.17) is 0 Å². The van der Waals surface area contributed by atoms with Crippen LogP contribution in [0.25, 0.3) is 11.3 Å².